The number of nitrogens with one attached hydrogen (secondary N) is 1. The number of nitrogens with zero attached hydrogens (tertiary/aromatic N) is 5. The van der Waals surface area contributed by atoms with Crippen LogP contribution in [0.3, 0.4) is 0 Å². The first kappa shape index (κ1) is 27.8. The standard InChI is InChI=1S/C34H47N7O/c1-34(2,3)24-8-9-27-28(17-24)39-31(38-27)10-7-22-13-25(14-22)40(18-21-5-4-6-21)19-23-15-29(30(42)16-23)41-12-11-26-32(35)36-20-37-33(26)41/h8-9,11-12,17,20-23,25,29-30,42H,4-7,10,13-16,18-19H2,1-3H3,(H,38,39)(H2,35,36,37)/t22-,23-,25-,29+,30+/m0/s1. The molecule has 1 aromatic carbocycles. The molecule has 8 heteroatoms. The van der Waals surface area contributed by atoms with Crippen molar-refractivity contribution >= 4 is 27.9 Å². The van der Waals surface area contributed by atoms with E-state index in [4.69, 9.17) is 10.7 Å². The quantitative estimate of drug-likeness (QED) is 0.228. The van der Waals surface area contributed by atoms with E-state index in [9.17, 15) is 5.11 Å². The number of anilines is 1. The molecule has 0 radical (unpaired) electrons. The maximum Gasteiger partial charge on any atom is 0.145 e. The Balaban J connectivity index is 0.961. The normalized spacial score (nSPS) is 26.7. The van der Waals surface area contributed by atoms with E-state index in [1.807, 2.05) is 12.3 Å². The molecule has 0 spiro atoms. The minimum atomic E-state index is -0.357. The molecule has 42 heavy (non-hydrogen) atoms. The number of benzene rings is 1. The molecule has 3 atom stereocenters. The lowest BCUT2D eigenvalue weighted by Gasteiger charge is -2.46. The van der Waals surface area contributed by atoms with Gasteiger partial charge in [0.15, 0.2) is 0 Å². The second-order valence-corrected chi connectivity index (χ2v) is 14.6. The largest absolute Gasteiger partial charge is 0.391 e. The van der Waals surface area contributed by atoms with Gasteiger partial charge in [-0.15, -0.1) is 0 Å². The minimum absolute atomic E-state index is 0.0461. The number of H-pyrrole nitrogens is 1. The van der Waals surface area contributed by atoms with Crippen LogP contribution >= 0.6 is 0 Å². The summed E-state index contributed by atoms with van der Waals surface area (Å²) >= 11 is 0. The van der Waals surface area contributed by atoms with Gasteiger partial charge in [0.2, 0.25) is 0 Å². The maximum absolute atomic E-state index is 11.1. The molecule has 3 heterocycles. The molecule has 8 nitrogen and oxygen atoms in total. The Hall–Kier alpha value is -2.97. The fourth-order valence-electron chi connectivity index (χ4n) is 7.73. The smallest absolute Gasteiger partial charge is 0.145 e. The first-order valence-corrected chi connectivity index (χ1v) is 16.2. The Kier molecular flexibility index (Phi) is 7.25. The van der Waals surface area contributed by atoms with E-state index in [0.717, 1.165) is 65.5 Å². The van der Waals surface area contributed by atoms with Gasteiger partial charge in [-0.25, -0.2) is 15.0 Å². The van der Waals surface area contributed by atoms with Crippen molar-refractivity contribution in [3.8, 4) is 0 Å². The number of hydrogen-bond acceptors (Lipinski definition) is 6. The van der Waals surface area contributed by atoms with Gasteiger partial charge in [-0.3, -0.25) is 4.90 Å². The zero-order valence-corrected chi connectivity index (χ0v) is 25.5. The molecule has 4 aromatic rings. The van der Waals surface area contributed by atoms with Crippen molar-refractivity contribution in [3.05, 3.63) is 48.2 Å². The number of nitrogen functional groups attached to an aromatic ring is 1. The van der Waals surface area contributed by atoms with Gasteiger partial charge in [-0.1, -0.05) is 33.3 Å². The Morgan fingerprint density at radius 1 is 1.02 bits per heavy atom. The molecule has 3 aliphatic carbocycles. The van der Waals surface area contributed by atoms with Gasteiger partial charge in [0, 0.05) is 31.7 Å². The summed E-state index contributed by atoms with van der Waals surface area (Å²) in [6, 6.07) is 9.38. The fourth-order valence-corrected chi connectivity index (χ4v) is 7.73. The van der Waals surface area contributed by atoms with Crippen LogP contribution in [0.5, 0.6) is 0 Å². The third-order valence-electron chi connectivity index (χ3n) is 10.6. The molecular formula is C34H47N7O. The lowest BCUT2D eigenvalue weighted by molar-refractivity contribution is 0.0351. The summed E-state index contributed by atoms with van der Waals surface area (Å²) in [6.45, 7) is 9.09. The van der Waals surface area contributed by atoms with Crippen molar-refractivity contribution in [1.82, 2.24) is 29.4 Å². The van der Waals surface area contributed by atoms with Crippen LogP contribution < -0.4 is 5.73 Å². The molecule has 0 amide bonds. The van der Waals surface area contributed by atoms with Crippen LogP contribution in [0.1, 0.15) is 89.6 Å². The van der Waals surface area contributed by atoms with Crippen LogP contribution in [0.25, 0.3) is 22.1 Å². The Bertz CT molecular complexity index is 1540. The summed E-state index contributed by atoms with van der Waals surface area (Å²) in [5, 5.41) is 12.0. The van der Waals surface area contributed by atoms with Gasteiger partial charge in [0.1, 0.15) is 23.6 Å². The summed E-state index contributed by atoms with van der Waals surface area (Å²) in [7, 11) is 0. The molecule has 3 aliphatic rings. The predicted octanol–water partition coefficient (Wildman–Crippen LogP) is 6.01. The van der Waals surface area contributed by atoms with Crippen LogP contribution in [0, 0.1) is 17.8 Å². The molecule has 4 N–H and O–H groups in total. The summed E-state index contributed by atoms with van der Waals surface area (Å²) < 4.78 is 2.13. The van der Waals surface area contributed by atoms with E-state index in [2.05, 4.69) is 63.4 Å². The predicted molar refractivity (Wildman–Crippen MR) is 168 cm³/mol. The molecular weight excluding hydrogens is 522 g/mol. The summed E-state index contributed by atoms with van der Waals surface area (Å²) in [6.07, 6.45) is 14.0. The molecule has 0 unspecified atom stereocenters. The zero-order chi connectivity index (χ0) is 29.0. The van der Waals surface area contributed by atoms with Gasteiger partial charge < -0.3 is 20.4 Å². The van der Waals surface area contributed by atoms with Gasteiger partial charge in [0.05, 0.1) is 28.6 Å². The second kappa shape index (κ2) is 10.9. The van der Waals surface area contributed by atoms with Gasteiger partial charge in [-0.05, 0) is 91.9 Å². The monoisotopic (exact) mass is 569 g/mol. The number of rotatable bonds is 9. The molecule has 3 aromatic heterocycles. The number of aromatic amines is 1. The number of nitrogens with two attached hydrogens (primary N) is 1. The molecule has 0 bridgehead atoms. The number of aliphatic hydroxyl groups excluding tert-OH is 1. The second-order valence-electron chi connectivity index (χ2n) is 14.6. The highest BCUT2D eigenvalue weighted by Gasteiger charge is 2.40. The first-order chi connectivity index (χ1) is 20.2. The summed E-state index contributed by atoms with van der Waals surface area (Å²) in [5.41, 5.74) is 10.6. The van der Waals surface area contributed by atoms with Crippen molar-refractivity contribution in [2.75, 3.05) is 18.8 Å². The summed E-state index contributed by atoms with van der Waals surface area (Å²) in [5.74, 6) is 3.75. The van der Waals surface area contributed by atoms with Crippen molar-refractivity contribution in [2.45, 2.75) is 102 Å². The molecule has 3 saturated carbocycles. The Morgan fingerprint density at radius 2 is 1.83 bits per heavy atom. The average molecular weight is 570 g/mol. The number of aryl methyl sites for hydroxylation is 1. The fraction of sp³-hybridized carbons (Fsp3) is 0.618. The number of imidazole rings is 1. The maximum atomic E-state index is 11.1. The van der Waals surface area contributed by atoms with Gasteiger partial charge in [-0.2, -0.15) is 0 Å². The van der Waals surface area contributed by atoms with Crippen molar-refractivity contribution < 1.29 is 5.11 Å². The SMILES string of the molecule is CC(C)(C)c1ccc2[nH]c(CC[C@H]3C[C@H](N(CC4CCC4)C[C@@H]4C[C@@H](O)[C@H](n5ccc6c(N)ncnc65)C4)C3)nc2c1. The highest BCUT2D eigenvalue weighted by atomic mass is 16.3. The van der Waals surface area contributed by atoms with Crippen molar-refractivity contribution in [2.24, 2.45) is 17.8 Å². The number of aliphatic hydroxyl groups is 1. The van der Waals surface area contributed by atoms with Crippen molar-refractivity contribution in [3.63, 3.8) is 0 Å². The van der Waals surface area contributed by atoms with Crippen LogP contribution in [0.2, 0.25) is 0 Å². The number of hydrogen-bond donors (Lipinski definition) is 3. The van der Waals surface area contributed by atoms with E-state index in [0.29, 0.717) is 17.8 Å². The van der Waals surface area contributed by atoms with E-state index in [1.54, 1.807) is 0 Å². The van der Waals surface area contributed by atoms with Crippen LogP contribution in [0.15, 0.2) is 36.8 Å². The Morgan fingerprint density at radius 3 is 2.60 bits per heavy atom. The first-order valence-electron chi connectivity index (χ1n) is 16.2. The van der Waals surface area contributed by atoms with Crippen molar-refractivity contribution in [1.29, 1.82) is 0 Å². The summed E-state index contributed by atoms with van der Waals surface area (Å²) in [4.78, 5) is 20.0. The molecule has 0 aliphatic heterocycles. The van der Waals surface area contributed by atoms with Gasteiger partial charge in [0.25, 0.3) is 0 Å². The molecule has 0 saturated heterocycles. The topological polar surface area (TPSA) is 109 Å². The molecule has 7 rings (SSSR count). The highest BCUT2D eigenvalue weighted by Crippen LogP contribution is 2.42. The third-order valence-corrected chi connectivity index (χ3v) is 10.6. The lowest BCUT2D eigenvalue weighted by atomic mass is 9.75. The lowest BCUT2D eigenvalue weighted by Crippen LogP contribution is -2.49. The minimum Gasteiger partial charge on any atom is -0.391 e. The molecule has 3 fully saturated rings. The van der Waals surface area contributed by atoms with Crippen LogP contribution in [-0.4, -0.2) is 59.7 Å². The third kappa shape index (κ3) is 5.44. The van der Waals surface area contributed by atoms with E-state index < -0.39 is 0 Å². The zero-order valence-electron chi connectivity index (χ0n) is 25.5. The van der Waals surface area contributed by atoms with E-state index in [1.165, 1.54) is 57.0 Å². The number of fused-ring (bicyclic) bond motifs is 2. The van der Waals surface area contributed by atoms with Crippen LogP contribution in [-0.2, 0) is 11.8 Å². The van der Waals surface area contributed by atoms with Gasteiger partial charge >= 0.3 is 0 Å². The number of aromatic nitrogens is 5. The van der Waals surface area contributed by atoms with E-state index in [-0.39, 0.29) is 17.6 Å². The van der Waals surface area contributed by atoms with E-state index >= 15 is 0 Å². The Labute approximate surface area is 249 Å². The highest BCUT2D eigenvalue weighted by molar-refractivity contribution is 5.86. The average Bonchev–Trinajstić information content (AvgIpc) is 3.60. The van der Waals surface area contributed by atoms with Crippen LogP contribution in [0.4, 0.5) is 5.82 Å². The molecule has 224 valence electrons.